The maximum absolute atomic E-state index is 13.2. The molecule has 3 N–H and O–H groups in total. The van der Waals surface area contributed by atoms with E-state index in [-0.39, 0.29) is 21.9 Å². The van der Waals surface area contributed by atoms with Crippen LogP contribution in [0.4, 0.5) is 4.39 Å². The highest BCUT2D eigenvalue weighted by Crippen LogP contribution is 2.25. The van der Waals surface area contributed by atoms with E-state index in [1.807, 2.05) is 20.8 Å². The fraction of sp³-hybridized carbons (Fsp3) is 0.500. The summed E-state index contributed by atoms with van der Waals surface area (Å²) in [7, 11) is -3.91. The van der Waals surface area contributed by atoms with Crippen LogP contribution in [0.15, 0.2) is 23.1 Å². The molecule has 0 aliphatic carbocycles. The maximum Gasteiger partial charge on any atom is 0.242 e. The monoisotopic (exact) mass is 308 g/mol. The van der Waals surface area contributed by atoms with Crippen LogP contribution in [0.2, 0.25) is 5.02 Å². The van der Waals surface area contributed by atoms with Gasteiger partial charge in [0, 0.05) is 12.6 Å². The number of rotatable bonds is 4. The molecule has 7 heteroatoms. The van der Waals surface area contributed by atoms with Crippen LogP contribution in [0.3, 0.4) is 0 Å². The van der Waals surface area contributed by atoms with E-state index in [9.17, 15) is 12.8 Å². The van der Waals surface area contributed by atoms with Crippen molar-refractivity contribution in [2.75, 3.05) is 6.54 Å². The summed E-state index contributed by atoms with van der Waals surface area (Å²) in [6.07, 6.45) is 0. The molecule has 19 heavy (non-hydrogen) atoms. The zero-order chi connectivity index (χ0) is 14.8. The molecule has 0 saturated carbocycles. The van der Waals surface area contributed by atoms with Gasteiger partial charge in [-0.2, -0.15) is 0 Å². The van der Waals surface area contributed by atoms with Crippen molar-refractivity contribution in [3.05, 3.63) is 29.0 Å². The molecule has 0 radical (unpaired) electrons. The van der Waals surface area contributed by atoms with Crippen LogP contribution in [-0.4, -0.2) is 21.0 Å². The standard InChI is InChI=1S/C12H18ClFN2O2S/c1-12(2,3)11(7-15)16-19(17,18)10-6-8(14)4-5-9(10)13/h4-6,11,16H,7,15H2,1-3H3. The molecule has 1 rings (SSSR count). The fourth-order valence-corrected chi connectivity index (χ4v) is 3.48. The number of hydrogen-bond donors (Lipinski definition) is 2. The molecule has 1 unspecified atom stereocenters. The van der Waals surface area contributed by atoms with Crippen molar-refractivity contribution >= 4 is 21.6 Å². The third kappa shape index (κ3) is 4.14. The van der Waals surface area contributed by atoms with E-state index >= 15 is 0 Å². The predicted octanol–water partition coefficient (Wildman–Crippen LogP) is 2.13. The van der Waals surface area contributed by atoms with Gasteiger partial charge in [-0.25, -0.2) is 17.5 Å². The molecule has 0 aromatic heterocycles. The zero-order valence-corrected chi connectivity index (χ0v) is 12.6. The van der Waals surface area contributed by atoms with Crippen molar-refractivity contribution in [1.29, 1.82) is 0 Å². The molecule has 0 heterocycles. The molecule has 0 aliphatic heterocycles. The Morgan fingerprint density at radius 3 is 2.47 bits per heavy atom. The van der Waals surface area contributed by atoms with Crippen molar-refractivity contribution in [3.8, 4) is 0 Å². The van der Waals surface area contributed by atoms with Crippen LogP contribution >= 0.6 is 11.6 Å². The van der Waals surface area contributed by atoms with Gasteiger partial charge in [0.05, 0.1) is 5.02 Å². The Morgan fingerprint density at radius 1 is 1.42 bits per heavy atom. The molecule has 0 spiro atoms. The fourth-order valence-electron chi connectivity index (χ4n) is 1.51. The number of nitrogens with one attached hydrogen (secondary N) is 1. The average molecular weight is 309 g/mol. The van der Waals surface area contributed by atoms with Crippen molar-refractivity contribution in [1.82, 2.24) is 4.72 Å². The smallest absolute Gasteiger partial charge is 0.242 e. The molecule has 1 aromatic carbocycles. The minimum Gasteiger partial charge on any atom is -0.329 e. The first-order chi connectivity index (χ1) is 8.58. The second-order valence-corrected chi connectivity index (χ2v) is 7.44. The summed E-state index contributed by atoms with van der Waals surface area (Å²) in [6, 6.07) is 2.73. The van der Waals surface area contributed by atoms with Gasteiger partial charge < -0.3 is 5.73 Å². The number of hydrogen-bond acceptors (Lipinski definition) is 3. The first-order valence-corrected chi connectivity index (χ1v) is 7.61. The average Bonchev–Trinajstić information content (AvgIpc) is 2.27. The molecular weight excluding hydrogens is 291 g/mol. The Hall–Kier alpha value is -0.690. The van der Waals surface area contributed by atoms with Gasteiger partial charge in [-0.05, 0) is 23.6 Å². The van der Waals surface area contributed by atoms with Crippen LogP contribution in [-0.2, 0) is 10.0 Å². The van der Waals surface area contributed by atoms with Gasteiger partial charge in [0.15, 0.2) is 0 Å². The van der Waals surface area contributed by atoms with Crippen molar-refractivity contribution in [3.63, 3.8) is 0 Å². The topological polar surface area (TPSA) is 72.2 Å². The lowest BCUT2D eigenvalue weighted by Crippen LogP contribution is -2.48. The summed E-state index contributed by atoms with van der Waals surface area (Å²) < 4.78 is 40.0. The summed E-state index contributed by atoms with van der Waals surface area (Å²) in [6.45, 7) is 5.72. The third-order valence-corrected chi connectivity index (χ3v) is 4.71. The molecule has 108 valence electrons. The van der Waals surface area contributed by atoms with E-state index < -0.39 is 21.9 Å². The third-order valence-electron chi connectivity index (χ3n) is 2.76. The van der Waals surface area contributed by atoms with E-state index in [4.69, 9.17) is 17.3 Å². The van der Waals surface area contributed by atoms with Gasteiger partial charge in [0.25, 0.3) is 0 Å². The predicted molar refractivity (Wildman–Crippen MR) is 74.0 cm³/mol. The maximum atomic E-state index is 13.2. The van der Waals surface area contributed by atoms with Gasteiger partial charge in [-0.3, -0.25) is 0 Å². The minimum atomic E-state index is -3.91. The zero-order valence-electron chi connectivity index (χ0n) is 11.1. The molecule has 0 aliphatic rings. The van der Waals surface area contributed by atoms with Gasteiger partial charge >= 0.3 is 0 Å². The van der Waals surface area contributed by atoms with Crippen LogP contribution in [0.25, 0.3) is 0 Å². The number of nitrogens with two attached hydrogens (primary N) is 1. The van der Waals surface area contributed by atoms with Gasteiger partial charge in [0.2, 0.25) is 10.0 Å². The second kappa shape index (κ2) is 5.75. The van der Waals surface area contributed by atoms with E-state index in [1.54, 1.807) is 0 Å². The van der Waals surface area contributed by atoms with E-state index in [1.165, 1.54) is 6.07 Å². The van der Waals surface area contributed by atoms with Gasteiger partial charge in [0.1, 0.15) is 10.7 Å². The first-order valence-electron chi connectivity index (χ1n) is 5.75. The van der Waals surface area contributed by atoms with E-state index in [0.29, 0.717) is 0 Å². The molecule has 1 atom stereocenters. The summed E-state index contributed by atoms with van der Waals surface area (Å²) in [5.41, 5.74) is 5.22. The van der Waals surface area contributed by atoms with Crippen molar-refractivity contribution in [2.45, 2.75) is 31.7 Å². The summed E-state index contributed by atoms with van der Waals surface area (Å²) in [4.78, 5) is -0.281. The number of benzene rings is 1. The highest BCUT2D eigenvalue weighted by Gasteiger charge is 2.29. The van der Waals surface area contributed by atoms with Crippen LogP contribution in [0.1, 0.15) is 20.8 Å². The van der Waals surface area contributed by atoms with Gasteiger partial charge in [-0.15, -0.1) is 0 Å². The van der Waals surface area contributed by atoms with E-state index in [0.717, 1.165) is 12.1 Å². The molecule has 4 nitrogen and oxygen atoms in total. The van der Waals surface area contributed by atoms with Crippen LogP contribution in [0.5, 0.6) is 0 Å². The molecule has 0 fully saturated rings. The Kier molecular flexibility index (Phi) is 4.95. The molecule has 0 saturated heterocycles. The second-order valence-electron chi connectivity index (χ2n) is 5.35. The lowest BCUT2D eigenvalue weighted by atomic mass is 9.88. The highest BCUT2D eigenvalue weighted by molar-refractivity contribution is 7.89. The largest absolute Gasteiger partial charge is 0.329 e. The lowest BCUT2D eigenvalue weighted by molar-refractivity contribution is 0.304. The van der Waals surface area contributed by atoms with E-state index in [2.05, 4.69) is 4.72 Å². The Bertz CT molecular complexity index is 555. The first kappa shape index (κ1) is 16.4. The Labute approximate surface area is 118 Å². The summed E-state index contributed by atoms with van der Waals surface area (Å²) >= 11 is 5.80. The van der Waals surface area contributed by atoms with Gasteiger partial charge in [-0.1, -0.05) is 32.4 Å². The number of sulfonamides is 1. The Morgan fingerprint density at radius 2 is 2.00 bits per heavy atom. The van der Waals surface area contributed by atoms with Crippen molar-refractivity contribution in [2.24, 2.45) is 11.1 Å². The summed E-state index contributed by atoms with van der Waals surface area (Å²) in [5, 5.41) is -0.0291. The minimum absolute atomic E-state index is 0.0291. The summed E-state index contributed by atoms with van der Waals surface area (Å²) in [5.74, 6) is -0.662. The van der Waals surface area contributed by atoms with Crippen LogP contribution < -0.4 is 10.5 Å². The molecule has 0 amide bonds. The normalized spacial score (nSPS) is 14.4. The van der Waals surface area contributed by atoms with Crippen molar-refractivity contribution < 1.29 is 12.8 Å². The molecule has 0 bridgehead atoms. The molecular formula is C12H18ClFN2O2S. The number of halogens is 2. The quantitative estimate of drug-likeness (QED) is 0.895. The van der Waals surface area contributed by atoms with Crippen LogP contribution in [0, 0.1) is 11.2 Å². The SMILES string of the molecule is CC(C)(C)C(CN)NS(=O)(=O)c1cc(F)ccc1Cl. The Balaban J connectivity index is 3.14. The molecule has 1 aromatic rings. The lowest BCUT2D eigenvalue weighted by Gasteiger charge is -2.30. The highest BCUT2D eigenvalue weighted by atomic mass is 35.5.